The topological polar surface area (TPSA) is 46.5 Å². The molecule has 1 rings (SSSR count). The number of hydrogen-bond donors (Lipinski definition) is 1. The van der Waals surface area contributed by atoms with Crippen LogP contribution in [0.25, 0.3) is 0 Å². The van der Waals surface area contributed by atoms with Crippen LogP contribution in [0, 0.1) is 5.82 Å². The molecule has 1 aromatic rings. The Morgan fingerprint density at radius 3 is 2.71 bits per heavy atom. The molecule has 0 bridgehead atoms. The van der Waals surface area contributed by atoms with Crippen molar-refractivity contribution in [1.29, 1.82) is 0 Å². The van der Waals surface area contributed by atoms with E-state index < -0.39 is 11.6 Å². The monoisotopic (exact) mass is 198 g/mol. The van der Waals surface area contributed by atoms with E-state index in [-0.39, 0.29) is 17.8 Å². The van der Waals surface area contributed by atoms with Crippen molar-refractivity contribution in [2.24, 2.45) is 0 Å². The molecule has 0 heterocycles. The first-order chi connectivity index (χ1) is 6.54. The van der Waals surface area contributed by atoms with Crippen LogP contribution in [0.3, 0.4) is 0 Å². The minimum absolute atomic E-state index is 0.0450. The van der Waals surface area contributed by atoms with Gasteiger partial charge in [0.15, 0.2) is 11.6 Å². The highest BCUT2D eigenvalue weighted by Crippen LogP contribution is 2.26. The second-order valence-corrected chi connectivity index (χ2v) is 3.00. The average molecular weight is 198 g/mol. The van der Waals surface area contributed by atoms with Crippen LogP contribution in [0.5, 0.6) is 11.5 Å². The lowest BCUT2D eigenvalue weighted by atomic mass is 10.1. The second-order valence-electron chi connectivity index (χ2n) is 3.00. The van der Waals surface area contributed by atoms with E-state index in [0.29, 0.717) is 5.75 Å². The summed E-state index contributed by atoms with van der Waals surface area (Å²) in [5, 5.41) is 9.16. The largest absolute Gasteiger partial charge is 0.505 e. The molecular weight excluding hydrogens is 187 g/mol. The summed E-state index contributed by atoms with van der Waals surface area (Å²) >= 11 is 0. The third-order valence-corrected chi connectivity index (χ3v) is 1.78. The van der Waals surface area contributed by atoms with Gasteiger partial charge >= 0.3 is 0 Å². The summed E-state index contributed by atoms with van der Waals surface area (Å²) in [7, 11) is 1.41. The molecule has 0 saturated heterocycles. The Bertz CT molecular complexity index is 361. The number of halogens is 1. The van der Waals surface area contributed by atoms with Crippen molar-refractivity contribution in [1.82, 2.24) is 0 Å². The van der Waals surface area contributed by atoms with Gasteiger partial charge in [0.2, 0.25) is 0 Å². The normalized spacial score (nSPS) is 9.93. The minimum atomic E-state index is -0.763. The maximum atomic E-state index is 13.2. The molecule has 0 radical (unpaired) electrons. The van der Waals surface area contributed by atoms with Gasteiger partial charge in [-0.1, -0.05) is 0 Å². The van der Waals surface area contributed by atoms with Gasteiger partial charge in [0.1, 0.15) is 11.5 Å². The van der Waals surface area contributed by atoms with Gasteiger partial charge in [-0.15, -0.1) is 0 Å². The van der Waals surface area contributed by atoms with Crippen molar-refractivity contribution in [2.75, 3.05) is 7.11 Å². The number of aromatic hydroxyl groups is 1. The molecule has 3 nitrogen and oxygen atoms in total. The van der Waals surface area contributed by atoms with Crippen molar-refractivity contribution in [3.8, 4) is 11.5 Å². The summed E-state index contributed by atoms with van der Waals surface area (Å²) in [6.45, 7) is 1.36. The number of carbonyl (C=O) groups is 1. The molecule has 0 spiro atoms. The highest BCUT2D eigenvalue weighted by Gasteiger charge is 2.11. The molecule has 1 aromatic carbocycles. The molecule has 14 heavy (non-hydrogen) atoms. The number of hydrogen-bond acceptors (Lipinski definition) is 3. The summed E-state index contributed by atoms with van der Waals surface area (Å²) < 4.78 is 18.1. The lowest BCUT2D eigenvalue weighted by molar-refractivity contribution is -0.116. The zero-order valence-electron chi connectivity index (χ0n) is 8.00. The van der Waals surface area contributed by atoms with E-state index in [1.165, 1.54) is 26.2 Å². The third kappa shape index (κ3) is 2.22. The number of ether oxygens (including phenoxy) is 1. The standard InChI is InChI=1S/C10H11FO3/c1-6(12)3-7-4-8(14-2)5-9(13)10(7)11/h4-5,13H,3H2,1-2H3. The Labute approximate surface area is 81.1 Å². The van der Waals surface area contributed by atoms with Gasteiger partial charge < -0.3 is 9.84 Å². The average Bonchev–Trinajstić information content (AvgIpc) is 2.11. The predicted octanol–water partition coefficient (Wildman–Crippen LogP) is 1.67. The Morgan fingerprint density at radius 1 is 1.57 bits per heavy atom. The van der Waals surface area contributed by atoms with Crippen LogP contribution in [-0.4, -0.2) is 18.0 Å². The van der Waals surface area contributed by atoms with Gasteiger partial charge in [0.05, 0.1) is 7.11 Å². The van der Waals surface area contributed by atoms with Crippen LogP contribution in [0.4, 0.5) is 4.39 Å². The second kappa shape index (κ2) is 4.09. The van der Waals surface area contributed by atoms with Gasteiger partial charge in [-0.3, -0.25) is 4.79 Å². The third-order valence-electron chi connectivity index (χ3n) is 1.78. The Hall–Kier alpha value is -1.58. The highest BCUT2D eigenvalue weighted by atomic mass is 19.1. The summed E-state index contributed by atoms with van der Waals surface area (Å²) in [6, 6.07) is 2.56. The Kier molecular flexibility index (Phi) is 3.06. The zero-order valence-corrected chi connectivity index (χ0v) is 8.00. The SMILES string of the molecule is COc1cc(O)c(F)c(CC(C)=O)c1. The van der Waals surface area contributed by atoms with E-state index >= 15 is 0 Å². The fraction of sp³-hybridized carbons (Fsp3) is 0.300. The van der Waals surface area contributed by atoms with Gasteiger partial charge in [0.25, 0.3) is 0 Å². The van der Waals surface area contributed by atoms with Crippen LogP contribution in [0.1, 0.15) is 12.5 Å². The first-order valence-corrected chi connectivity index (χ1v) is 4.09. The lowest BCUT2D eigenvalue weighted by Crippen LogP contribution is -2.00. The van der Waals surface area contributed by atoms with Gasteiger partial charge in [0, 0.05) is 18.1 Å². The van der Waals surface area contributed by atoms with E-state index in [2.05, 4.69) is 0 Å². The van der Waals surface area contributed by atoms with Crippen LogP contribution < -0.4 is 4.74 Å². The van der Waals surface area contributed by atoms with E-state index in [9.17, 15) is 9.18 Å². The molecule has 0 aliphatic carbocycles. The molecule has 4 heteroatoms. The van der Waals surface area contributed by atoms with Gasteiger partial charge in [-0.25, -0.2) is 4.39 Å². The van der Waals surface area contributed by atoms with E-state index in [4.69, 9.17) is 9.84 Å². The molecule has 0 unspecified atom stereocenters. The number of methoxy groups -OCH3 is 1. The number of phenolic OH excluding ortho intramolecular Hbond substituents is 1. The maximum Gasteiger partial charge on any atom is 0.168 e. The maximum absolute atomic E-state index is 13.2. The van der Waals surface area contributed by atoms with Crippen molar-refractivity contribution < 1.29 is 19.0 Å². The molecular formula is C10H11FO3. The molecule has 0 amide bonds. The Balaban J connectivity index is 3.13. The quantitative estimate of drug-likeness (QED) is 0.803. The molecule has 76 valence electrons. The van der Waals surface area contributed by atoms with Crippen LogP contribution in [-0.2, 0) is 11.2 Å². The molecule has 0 atom stereocenters. The number of benzene rings is 1. The first-order valence-electron chi connectivity index (χ1n) is 4.09. The van der Waals surface area contributed by atoms with E-state index in [0.717, 1.165) is 0 Å². The van der Waals surface area contributed by atoms with E-state index in [1.54, 1.807) is 0 Å². The van der Waals surface area contributed by atoms with Crippen molar-refractivity contribution in [2.45, 2.75) is 13.3 Å². The molecule has 0 saturated carbocycles. The number of ketones is 1. The highest BCUT2D eigenvalue weighted by molar-refractivity contribution is 5.78. The lowest BCUT2D eigenvalue weighted by Gasteiger charge is -2.06. The number of carbonyl (C=O) groups excluding carboxylic acids is 1. The molecule has 0 aliphatic heterocycles. The van der Waals surface area contributed by atoms with Crippen molar-refractivity contribution in [3.05, 3.63) is 23.5 Å². The summed E-state index contributed by atoms with van der Waals surface area (Å²) in [5.74, 6) is -1.10. The number of phenols is 1. The van der Waals surface area contributed by atoms with Crippen molar-refractivity contribution in [3.63, 3.8) is 0 Å². The van der Waals surface area contributed by atoms with Crippen LogP contribution in [0.2, 0.25) is 0 Å². The fourth-order valence-electron chi connectivity index (χ4n) is 1.15. The molecule has 0 aromatic heterocycles. The summed E-state index contributed by atoms with van der Waals surface area (Å²) in [6.07, 6.45) is -0.0450. The van der Waals surface area contributed by atoms with Crippen molar-refractivity contribution >= 4 is 5.78 Å². The summed E-state index contributed by atoms with van der Waals surface area (Å²) in [4.78, 5) is 10.8. The van der Waals surface area contributed by atoms with Gasteiger partial charge in [-0.05, 0) is 13.0 Å². The minimum Gasteiger partial charge on any atom is -0.505 e. The van der Waals surface area contributed by atoms with Crippen LogP contribution in [0.15, 0.2) is 12.1 Å². The predicted molar refractivity (Wildman–Crippen MR) is 49.0 cm³/mol. The summed E-state index contributed by atoms with van der Waals surface area (Å²) in [5.41, 5.74) is 0.148. The Morgan fingerprint density at radius 2 is 2.21 bits per heavy atom. The molecule has 0 fully saturated rings. The van der Waals surface area contributed by atoms with Gasteiger partial charge in [-0.2, -0.15) is 0 Å². The first kappa shape index (κ1) is 10.5. The molecule has 0 aliphatic rings. The molecule has 1 N–H and O–H groups in total. The number of rotatable bonds is 3. The number of Topliss-reactive ketones (excluding diaryl/α,β-unsaturated/α-hetero) is 1. The van der Waals surface area contributed by atoms with E-state index in [1.807, 2.05) is 0 Å². The smallest absolute Gasteiger partial charge is 0.168 e. The fourth-order valence-corrected chi connectivity index (χ4v) is 1.15. The van der Waals surface area contributed by atoms with Crippen LogP contribution >= 0.6 is 0 Å². The zero-order chi connectivity index (χ0) is 10.7.